The molecular formula is C24H33N3O4S. The van der Waals surface area contributed by atoms with Gasteiger partial charge in [0.1, 0.15) is 17.0 Å². The number of likely N-dealkylation sites (tertiary alicyclic amines) is 1. The number of rotatable bonds is 5. The summed E-state index contributed by atoms with van der Waals surface area (Å²) in [7, 11) is 0. The van der Waals surface area contributed by atoms with Crippen LogP contribution in [0.15, 0.2) is 35.7 Å². The molecule has 0 radical (unpaired) electrons. The Hall–Kier alpha value is -2.16. The van der Waals surface area contributed by atoms with Crippen LogP contribution in [0.5, 0.6) is 5.75 Å². The zero-order valence-electron chi connectivity index (χ0n) is 19.2. The maximum Gasteiger partial charge on any atom is 0.410 e. The van der Waals surface area contributed by atoms with E-state index in [1.807, 2.05) is 56.0 Å². The number of piperidine rings is 1. The number of benzene rings is 1. The fourth-order valence-corrected chi connectivity index (χ4v) is 5.00. The number of nitrogens with zero attached hydrogens (tertiary/aromatic N) is 3. The normalized spacial score (nSPS) is 19.5. The average molecular weight is 460 g/mol. The average Bonchev–Trinajstić information content (AvgIpc) is 3.28. The van der Waals surface area contributed by atoms with E-state index in [0.29, 0.717) is 32.2 Å². The molecule has 2 aliphatic heterocycles. The lowest BCUT2D eigenvalue weighted by Gasteiger charge is -2.34. The summed E-state index contributed by atoms with van der Waals surface area (Å²) in [5, 5.41) is 3.25. The lowest BCUT2D eigenvalue weighted by molar-refractivity contribution is -0.0491. The van der Waals surface area contributed by atoms with Crippen LogP contribution in [-0.2, 0) is 9.47 Å². The molecule has 8 heteroatoms. The van der Waals surface area contributed by atoms with Crippen molar-refractivity contribution in [3.05, 3.63) is 46.4 Å². The van der Waals surface area contributed by atoms with Crippen LogP contribution in [0, 0.1) is 0 Å². The second-order valence-electron chi connectivity index (χ2n) is 9.28. The van der Waals surface area contributed by atoms with Crippen molar-refractivity contribution >= 4 is 17.4 Å². The molecule has 1 atom stereocenters. The minimum atomic E-state index is -0.467. The highest BCUT2D eigenvalue weighted by Gasteiger charge is 2.31. The van der Waals surface area contributed by atoms with Gasteiger partial charge in [-0.2, -0.15) is 0 Å². The second kappa shape index (κ2) is 10.2. The van der Waals surface area contributed by atoms with E-state index in [2.05, 4.69) is 10.3 Å². The van der Waals surface area contributed by atoms with E-state index in [9.17, 15) is 4.79 Å². The van der Waals surface area contributed by atoms with Crippen molar-refractivity contribution in [2.75, 3.05) is 39.4 Å². The van der Waals surface area contributed by atoms with E-state index in [1.54, 1.807) is 11.3 Å². The number of para-hydroxylation sites is 1. The second-order valence-corrected chi connectivity index (χ2v) is 10.2. The van der Waals surface area contributed by atoms with Crippen LogP contribution in [0.4, 0.5) is 4.79 Å². The molecule has 174 valence electrons. The Bertz CT molecular complexity index is 869. The Morgan fingerprint density at radius 2 is 1.81 bits per heavy atom. The Labute approximate surface area is 194 Å². The molecule has 0 bridgehead atoms. The van der Waals surface area contributed by atoms with Gasteiger partial charge in [0.15, 0.2) is 6.23 Å². The first-order chi connectivity index (χ1) is 15.4. The van der Waals surface area contributed by atoms with Gasteiger partial charge >= 0.3 is 6.09 Å². The lowest BCUT2D eigenvalue weighted by atomic mass is 9.98. The molecule has 2 aromatic rings. The van der Waals surface area contributed by atoms with E-state index in [-0.39, 0.29) is 12.3 Å². The highest BCUT2D eigenvalue weighted by molar-refractivity contribution is 7.09. The molecule has 2 aliphatic rings. The van der Waals surface area contributed by atoms with Crippen molar-refractivity contribution in [3.63, 3.8) is 0 Å². The fourth-order valence-electron chi connectivity index (χ4n) is 4.00. The van der Waals surface area contributed by atoms with Gasteiger partial charge in [-0.15, -0.1) is 11.3 Å². The molecule has 1 aromatic heterocycles. The zero-order valence-corrected chi connectivity index (χ0v) is 20.0. The van der Waals surface area contributed by atoms with Gasteiger partial charge in [-0.1, -0.05) is 18.2 Å². The van der Waals surface area contributed by atoms with Crippen molar-refractivity contribution in [2.24, 2.45) is 0 Å². The molecule has 2 fully saturated rings. The Morgan fingerprint density at radius 1 is 1.12 bits per heavy atom. The summed E-state index contributed by atoms with van der Waals surface area (Å²) in [5.41, 5.74) is 0.483. The van der Waals surface area contributed by atoms with Gasteiger partial charge < -0.3 is 19.1 Å². The Balaban J connectivity index is 1.42. The number of carbonyl (C=O) groups is 1. The number of morpholine rings is 1. The first-order valence-electron chi connectivity index (χ1n) is 11.4. The fraction of sp³-hybridized carbons (Fsp3) is 0.583. The molecule has 2 saturated heterocycles. The molecule has 32 heavy (non-hydrogen) atoms. The summed E-state index contributed by atoms with van der Waals surface area (Å²) in [6.07, 6.45) is 1.34. The first kappa shape index (κ1) is 23.0. The molecule has 4 rings (SSSR count). The third-order valence-electron chi connectivity index (χ3n) is 5.66. The summed E-state index contributed by atoms with van der Waals surface area (Å²) in [5.74, 6) is 1.19. The van der Waals surface area contributed by atoms with Crippen molar-refractivity contribution < 1.29 is 19.0 Å². The first-order valence-corrected chi connectivity index (χ1v) is 12.2. The van der Waals surface area contributed by atoms with Gasteiger partial charge in [0, 0.05) is 37.5 Å². The molecular weight excluding hydrogens is 426 g/mol. The Morgan fingerprint density at radius 3 is 2.47 bits per heavy atom. The minimum absolute atomic E-state index is 0.223. The third kappa shape index (κ3) is 5.99. The van der Waals surface area contributed by atoms with E-state index >= 15 is 0 Å². The standard InChI is InChI=1S/C24H33N3O4S/c1-24(2,3)31-23(28)27-11-9-18(10-12-27)21-25-20(17-32-21)22(26-13-15-29-16-14-26)30-19-7-5-4-6-8-19/h4-8,17-18,22H,9-16H2,1-3H3. The molecule has 0 aliphatic carbocycles. The maximum absolute atomic E-state index is 12.4. The molecule has 0 N–H and O–H groups in total. The highest BCUT2D eigenvalue weighted by atomic mass is 32.1. The third-order valence-corrected chi connectivity index (χ3v) is 6.68. The summed E-state index contributed by atoms with van der Waals surface area (Å²) >= 11 is 1.69. The van der Waals surface area contributed by atoms with Crippen LogP contribution in [0.1, 0.15) is 56.5 Å². The molecule has 3 heterocycles. The predicted molar refractivity (Wildman–Crippen MR) is 124 cm³/mol. The van der Waals surface area contributed by atoms with E-state index < -0.39 is 5.60 Å². The van der Waals surface area contributed by atoms with Crippen LogP contribution >= 0.6 is 11.3 Å². The van der Waals surface area contributed by atoms with Crippen LogP contribution in [-0.4, -0.2) is 65.9 Å². The largest absolute Gasteiger partial charge is 0.469 e. The number of carbonyl (C=O) groups excluding carboxylic acids is 1. The predicted octanol–water partition coefficient (Wildman–Crippen LogP) is 4.67. The lowest BCUT2D eigenvalue weighted by Crippen LogP contribution is -2.41. The molecule has 1 unspecified atom stereocenters. The molecule has 1 amide bonds. The monoisotopic (exact) mass is 459 g/mol. The van der Waals surface area contributed by atoms with Gasteiger partial charge in [0.2, 0.25) is 0 Å². The molecule has 0 spiro atoms. The number of thiazole rings is 1. The molecule has 1 aromatic carbocycles. The van der Waals surface area contributed by atoms with E-state index in [4.69, 9.17) is 19.2 Å². The SMILES string of the molecule is CC(C)(C)OC(=O)N1CCC(c2nc(C(Oc3ccccc3)N3CCOCC3)cs2)CC1. The van der Waals surface area contributed by atoms with Gasteiger partial charge in [0.25, 0.3) is 0 Å². The quantitative estimate of drug-likeness (QED) is 0.648. The van der Waals surface area contributed by atoms with Crippen molar-refractivity contribution in [3.8, 4) is 5.75 Å². The van der Waals surface area contributed by atoms with Crippen LogP contribution in [0.2, 0.25) is 0 Å². The minimum Gasteiger partial charge on any atom is -0.469 e. The van der Waals surface area contributed by atoms with Gasteiger partial charge in [-0.25, -0.2) is 9.78 Å². The van der Waals surface area contributed by atoms with Gasteiger partial charge in [-0.3, -0.25) is 4.90 Å². The van der Waals surface area contributed by atoms with Gasteiger partial charge in [0.05, 0.1) is 18.2 Å². The van der Waals surface area contributed by atoms with Crippen molar-refractivity contribution in [1.29, 1.82) is 0 Å². The number of ether oxygens (including phenoxy) is 3. The molecule has 7 nitrogen and oxygen atoms in total. The summed E-state index contributed by atoms with van der Waals surface area (Å²) < 4.78 is 17.4. The van der Waals surface area contributed by atoms with Crippen LogP contribution < -0.4 is 4.74 Å². The van der Waals surface area contributed by atoms with E-state index in [1.165, 1.54) is 0 Å². The van der Waals surface area contributed by atoms with Crippen molar-refractivity contribution in [2.45, 2.75) is 51.4 Å². The smallest absolute Gasteiger partial charge is 0.410 e. The summed E-state index contributed by atoms with van der Waals surface area (Å²) in [6.45, 7) is 10.1. The van der Waals surface area contributed by atoms with Gasteiger partial charge in [-0.05, 0) is 45.7 Å². The van der Waals surface area contributed by atoms with Crippen LogP contribution in [0.25, 0.3) is 0 Å². The number of aromatic nitrogens is 1. The topological polar surface area (TPSA) is 64.1 Å². The summed E-state index contributed by atoms with van der Waals surface area (Å²) in [6, 6.07) is 9.91. The number of amides is 1. The summed E-state index contributed by atoms with van der Waals surface area (Å²) in [4.78, 5) is 21.5. The Kier molecular flexibility index (Phi) is 7.33. The molecule has 0 saturated carbocycles. The number of hydrogen-bond donors (Lipinski definition) is 0. The van der Waals surface area contributed by atoms with Crippen molar-refractivity contribution in [1.82, 2.24) is 14.8 Å². The highest BCUT2D eigenvalue weighted by Crippen LogP contribution is 2.34. The number of hydrogen-bond acceptors (Lipinski definition) is 7. The zero-order chi connectivity index (χ0) is 22.6. The van der Waals surface area contributed by atoms with E-state index in [0.717, 1.165) is 42.4 Å². The maximum atomic E-state index is 12.4. The van der Waals surface area contributed by atoms with Crippen LogP contribution in [0.3, 0.4) is 0 Å².